The Bertz CT molecular complexity index is 379. The highest BCUT2D eigenvalue weighted by Gasteiger charge is 2.23. The van der Waals surface area contributed by atoms with Crippen LogP contribution < -0.4 is 4.90 Å². The molecule has 1 rings (SSSR count). The van der Waals surface area contributed by atoms with Crippen molar-refractivity contribution in [3.05, 3.63) is 28.8 Å². The molecule has 15 heavy (non-hydrogen) atoms. The molecule has 0 aromatic heterocycles. The zero-order valence-electron chi connectivity index (χ0n) is 8.44. The first kappa shape index (κ1) is 11.8. The summed E-state index contributed by atoms with van der Waals surface area (Å²) >= 11 is 5.86. The Labute approximate surface area is 92.7 Å². The third-order valence-corrected chi connectivity index (χ3v) is 2.35. The van der Waals surface area contributed by atoms with Crippen LogP contribution in [0, 0.1) is 0 Å². The average molecular weight is 230 g/mol. The second kappa shape index (κ2) is 4.51. The van der Waals surface area contributed by atoms with Crippen LogP contribution in [0.3, 0.4) is 0 Å². The first-order chi connectivity index (χ1) is 6.95. The molecule has 0 saturated carbocycles. The van der Waals surface area contributed by atoms with E-state index in [1.807, 2.05) is 0 Å². The number of aliphatic carboxylic acids is 1. The van der Waals surface area contributed by atoms with E-state index < -0.39 is 12.1 Å². The second-order valence-corrected chi connectivity index (χ2v) is 3.72. The minimum atomic E-state index is -1.60. The summed E-state index contributed by atoms with van der Waals surface area (Å²) in [7, 11) is 3.51. The lowest BCUT2D eigenvalue weighted by Crippen LogP contribution is -2.17. The van der Waals surface area contributed by atoms with E-state index in [1.165, 1.54) is 0 Å². The van der Waals surface area contributed by atoms with Crippen molar-refractivity contribution in [1.82, 2.24) is 0 Å². The summed E-state index contributed by atoms with van der Waals surface area (Å²) in [5.74, 6) is -1.31. The van der Waals surface area contributed by atoms with Gasteiger partial charge in [-0.05, 0) is 12.1 Å². The van der Waals surface area contributed by atoms with Crippen molar-refractivity contribution >= 4 is 23.3 Å². The van der Waals surface area contributed by atoms with Gasteiger partial charge in [0.05, 0.1) is 0 Å². The van der Waals surface area contributed by atoms with E-state index in [0.717, 1.165) is 0 Å². The summed E-state index contributed by atoms with van der Waals surface area (Å²) in [6.07, 6.45) is -1.60. The normalized spacial score (nSPS) is 12.3. The third kappa shape index (κ3) is 2.40. The lowest BCUT2D eigenvalue weighted by molar-refractivity contribution is -0.146. The van der Waals surface area contributed by atoms with Crippen LogP contribution in [0.2, 0.25) is 5.02 Å². The summed E-state index contributed by atoms with van der Waals surface area (Å²) in [6.45, 7) is 0. The predicted octanol–water partition coefficient (Wildman–Crippen LogP) is 1.52. The van der Waals surface area contributed by atoms with Crippen molar-refractivity contribution < 1.29 is 15.0 Å². The lowest BCUT2D eigenvalue weighted by atomic mass is 10.1. The van der Waals surface area contributed by atoms with Crippen LogP contribution in [-0.2, 0) is 4.79 Å². The molecule has 0 heterocycles. The molecule has 0 saturated heterocycles. The van der Waals surface area contributed by atoms with Crippen molar-refractivity contribution in [2.24, 2.45) is 0 Å². The smallest absolute Gasteiger partial charge is 0.337 e. The molecule has 1 aromatic rings. The first-order valence-corrected chi connectivity index (χ1v) is 4.69. The third-order valence-electron chi connectivity index (χ3n) is 2.02. The molecule has 0 aliphatic carbocycles. The maximum atomic E-state index is 10.7. The summed E-state index contributed by atoms with van der Waals surface area (Å²) < 4.78 is 0. The molecule has 1 unspecified atom stereocenters. The summed E-state index contributed by atoms with van der Waals surface area (Å²) in [5, 5.41) is 18.5. The highest BCUT2D eigenvalue weighted by atomic mass is 35.5. The number of carbonyl (C=O) groups is 1. The zero-order valence-corrected chi connectivity index (χ0v) is 9.19. The van der Waals surface area contributed by atoms with Crippen LogP contribution in [0.1, 0.15) is 11.7 Å². The van der Waals surface area contributed by atoms with E-state index in [4.69, 9.17) is 16.7 Å². The van der Waals surface area contributed by atoms with Gasteiger partial charge in [0.1, 0.15) is 0 Å². The molecule has 0 radical (unpaired) electrons. The molecule has 82 valence electrons. The lowest BCUT2D eigenvalue weighted by Gasteiger charge is -2.20. The van der Waals surface area contributed by atoms with Gasteiger partial charge in [-0.25, -0.2) is 4.79 Å². The molecular weight excluding hydrogens is 218 g/mol. The number of anilines is 1. The molecule has 0 amide bonds. The fraction of sp³-hybridized carbons (Fsp3) is 0.300. The topological polar surface area (TPSA) is 60.8 Å². The van der Waals surface area contributed by atoms with Crippen LogP contribution in [0.25, 0.3) is 0 Å². The fourth-order valence-electron chi connectivity index (χ4n) is 1.31. The predicted molar refractivity (Wildman–Crippen MR) is 58.4 cm³/mol. The number of hydrogen-bond donors (Lipinski definition) is 2. The Balaban J connectivity index is 3.30. The van der Waals surface area contributed by atoms with E-state index in [-0.39, 0.29) is 10.6 Å². The van der Waals surface area contributed by atoms with Crippen LogP contribution in [0.5, 0.6) is 0 Å². The van der Waals surface area contributed by atoms with Crippen LogP contribution in [0.15, 0.2) is 18.2 Å². The van der Waals surface area contributed by atoms with Gasteiger partial charge in [-0.1, -0.05) is 17.7 Å². The van der Waals surface area contributed by atoms with Crippen molar-refractivity contribution in [3.63, 3.8) is 0 Å². The Hall–Kier alpha value is -1.26. The monoisotopic (exact) mass is 229 g/mol. The van der Waals surface area contributed by atoms with Crippen molar-refractivity contribution in [2.75, 3.05) is 19.0 Å². The molecule has 1 aromatic carbocycles. The largest absolute Gasteiger partial charge is 0.479 e. The number of rotatable bonds is 3. The number of hydrogen-bond acceptors (Lipinski definition) is 3. The Morgan fingerprint density at radius 3 is 2.53 bits per heavy atom. The van der Waals surface area contributed by atoms with E-state index in [2.05, 4.69) is 0 Å². The molecule has 1 atom stereocenters. The summed E-state index contributed by atoms with van der Waals surface area (Å²) in [4.78, 5) is 12.4. The van der Waals surface area contributed by atoms with Crippen molar-refractivity contribution in [2.45, 2.75) is 6.10 Å². The molecule has 2 N–H and O–H groups in total. The molecule has 0 fully saturated rings. The fourth-order valence-corrected chi connectivity index (χ4v) is 1.58. The Morgan fingerprint density at radius 2 is 2.07 bits per heavy atom. The van der Waals surface area contributed by atoms with E-state index in [1.54, 1.807) is 37.2 Å². The van der Waals surface area contributed by atoms with Gasteiger partial charge < -0.3 is 15.1 Å². The first-order valence-electron chi connectivity index (χ1n) is 4.31. The number of carboxylic acid groups (broad SMARTS) is 1. The number of benzene rings is 1. The second-order valence-electron chi connectivity index (χ2n) is 3.31. The number of halogens is 1. The highest BCUT2D eigenvalue weighted by molar-refractivity contribution is 6.32. The zero-order chi connectivity index (χ0) is 11.6. The van der Waals surface area contributed by atoms with Crippen molar-refractivity contribution in [3.8, 4) is 0 Å². The molecule has 4 nitrogen and oxygen atoms in total. The van der Waals surface area contributed by atoms with E-state index in [9.17, 15) is 9.90 Å². The van der Waals surface area contributed by atoms with Gasteiger partial charge in [-0.2, -0.15) is 0 Å². The average Bonchev–Trinajstić information content (AvgIpc) is 2.16. The minimum Gasteiger partial charge on any atom is -0.479 e. The molecule has 5 heteroatoms. The highest BCUT2D eigenvalue weighted by Crippen LogP contribution is 2.32. The van der Waals surface area contributed by atoms with Gasteiger partial charge in [0.15, 0.2) is 6.10 Å². The van der Waals surface area contributed by atoms with Gasteiger partial charge in [0, 0.05) is 30.4 Å². The van der Waals surface area contributed by atoms with Crippen LogP contribution in [-0.4, -0.2) is 30.3 Å². The van der Waals surface area contributed by atoms with Gasteiger partial charge in [0.2, 0.25) is 0 Å². The van der Waals surface area contributed by atoms with Crippen LogP contribution in [0.4, 0.5) is 5.69 Å². The van der Waals surface area contributed by atoms with Crippen molar-refractivity contribution in [1.29, 1.82) is 0 Å². The molecular formula is C10H12ClNO3. The summed E-state index contributed by atoms with van der Waals surface area (Å²) in [5.41, 5.74) is 0.814. The number of nitrogens with zero attached hydrogens (tertiary/aromatic N) is 1. The van der Waals surface area contributed by atoms with Gasteiger partial charge >= 0.3 is 5.97 Å². The van der Waals surface area contributed by atoms with E-state index >= 15 is 0 Å². The quantitative estimate of drug-likeness (QED) is 0.825. The van der Waals surface area contributed by atoms with Crippen LogP contribution >= 0.6 is 11.6 Å². The standard InChI is InChI=1S/C10H12ClNO3/c1-12(2)7-5-3-4-6(11)8(7)9(13)10(14)15/h3-5,9,13H,1-2H3,(H,14,15). The van der Waals surface area contributed by atoms with Gasteiger partial charge in [-0.3, -0.25) is 0 Å². The summed E-state index contributed by atoms with van der Waals surface area (Å²) in [6, 6.07) is 4.96. The molecule has 0 aliphatic rings. The van der Waals surface area contributed by atoms with E-state index in [0.29, 0.717) is 5.69 Å². The van der Waals surface area contributed by atoms with Gasteiger partial charge in [0.25, 0.3) is 0 Å². The maximum absolute atomic E-state index is 10.7. The molecule has 0 bridgehead atoms. The Kier molecular flexibility index (Phi) is 3.55. The number of aliphatic hydroxyl groups excluding tert-OH is 1. The number of carboxylic acids is 1. The minimum absolute atomic E-state index is 0.219. The maximum Gasteiger partial charge on any atom is 0.337 e. The molecule has 0 spiro atoms. The molecule has 0 aliphatic heterocycles. The van der Waals surface area contributed by atoms with Gasteiger partial charge in [-0.15, -0.1) is 0 Å². The number of aliphatic hydroxyl groups is 1. The SMILES string of the molecule is CN(C)c1cccc(Cl)c1C(O)C(=O)O. The Morgan fingerprint density at radius 1 is 1.47 bits per heavy atom.